The Labute approximate surface area is 161 Å². The van der Waals surface area contributed by atoms with Crippen LogP contribution in [0.25, 0.3) is 21.9 Å². The highest BCUT2D eigenvalue weighted by atomic mass is 35.5. The van der Waals surface area contributed by atoms with E-state index in [0.717, 1.165) is 32.5 Å². The summed E-state index contributed by atoms with van der Waals surface area (Å²) >= 11 is 8.87. The van der Waals surface area contributed by atoms with Gasteiger partial charge in [-0.2, -0.15) is 0 Å². The summed E-state index contributed by atoms with van der Waals surface area (Å²) in [7, 11) is 0. The zero-order chi connectivity index (χ0) is 18.1. The minimum absolute atomic E-state index is 0.217. The lowest BCUT2D eigenvalue weighted by molar-refractivity contribution is 0.103. The molecule has 0 radical (unpaired) electrons. The number of carbonyl (C=O) groups is 1. The van der Waals surface area contributed by atoms with E-state index in [-0.39, 0.29) is 5.91 Å². The van der Waals surface area contributed by atoms with Gasteiger partial charge in [0.15, 0.2) is 0 Å². The van der Waals surface area contributed by atoms with E-state index in [9.17, 15) is 4.79 Å². The van der Waals surface area contributed by atoms with E-state index in [1.165, 1.54) is 17.6 Å². The lowest BCUT2D eigenvalue weighted by atomic mass is 10.1. The third kappa shape index (κ3) is 3.26. The van der Waals surface area contributed by atoms with Gasteiger partial charge in [-0.05, 0) is 48.8 Å². The van der Waals surface area contributed by atoms with Crippen LogP contribution in [-0.2, 0) is 0 Å². The fourth-order valence-corrected chi connectivity index (χ4v) is 4.13. The third-order valence-electron chi connectivity index (χ3n) is 3.61. The lowest BCUT2D eigenvalue weighted by Crippen LogP contribution is -2.10. The van der Waals surface area contributed by atoms with E-state index in [0.29, 0.717) is 21.5 Å². The first-order valence-corrected chi connectivity index (χ1v) is 9.48. The number of nitrogens with zero attached hydrogens (tertiary/aromatic N) is 3. The van der Waals surface area contributed by atoms with Crippen LogP contribution in [0, 0.1) is 6.92 Å². The van der Waals surface area contributed by atoms with Gasteiger partial charge in [0.1, 0.15) is 11.1 Å². The molecule has 0 atom stereocenters. The molecule has 0 fully saturated rings. The summed E-state index contributed by atoms with van der Waals surface area (Å²) in [5.41, 5.74) is 2.30. The molecule has 3 heterocycles. The predicted octanol–water partition coefficient (Wildman–Crippen LogP) is 5.14. The van der Waals surface area contributed by atoms with Crippen LogP contribution >= 0.6 is 34.5 Å². The Morgan fingerprint density at radius 2 is 2.15 bits per heavy atom. The van der Waals surface area contributed by atoms with Gasteiger partial charge in [-0.1, -0.05) is 16.1 Å². The van der Waals surface area contributed by atoms with Gasteiger partial charge in [0.25, 0.3) is 5.91 Å². The number of benzene rings is 1. The van der Waals surface area contributed by atoms with Crippen molar-refractivity contribution in [2.75, 3.05) is 5.32 Å². The summed E-state index contributed by atoms with van der Waals surface area (Å²) in [6, 6.07) is 9.34. The maximum absolute atomic E-state index is 12.3. The summed E-state index contributed by atoms with van der Waals surface area (Å²) in [4.78, 5) is 17.9. The van der Waals surface area contributed by atoms with Crippen molar-refractivity contribution in [1.82, 2.24) is 14.6 Å². The highest BCUT2D eigenvalue weighted by Gasteiger charge is 2.15. The molecule has 0 spiro atoms. The second-order valence-corrected chi connectivity index (χ2v) is 7.58. The van der Waals surface area contributed by atoms with Gasteiger partial charge in [-0.3, -0.25) is 4.79 Å². The zero-order valence-corrected chi connectivity index (χ0v) is 15.8. The van der Waals surface area contributed by atoms with Gasteiger partial charge in [0.05, 0.1) is 16.9 Å². The quantitative estimate of drug-likeness (QED) is 0.511. The molecule has 4 aromatic rings. The van der Waals surface area contributed by atoms with Crippen LogP contribution in [0.4, 0.5) is 5.00 Å². The van der Waals surface area contributed by atoms with Crippen LogP contribution in [0.15, 0.2) is 47.2 Å². The van der Waals surface area contributed by atoms with Crippen molar-refractivity contribution in [3.05, 3.63) is 58.4 Å². The second kappa shape index (κ2) is 6.99. The number of aromatic nitrogens is 3. The summed E-state index contributed by atoms with van der Waals surface area (Å²) in [6.07, 6.45) is 3.12. The minimum Gasteiger partial charge on any atom is -0.445 e. The number of nitrogens with one attached hydrogen (secondary N) is 1. The molecule has 0 bridgehead atoms. The summed E-state index contributed by atoms with van der Waals surface area (Å²) in [5.74, 6) is 0.312. The molecule has 0 aliphatic heterocycles. The number of anilines is 1. The summed E-state index contributed by atoms with van der Waals surface area (Å²) in [6.45, 7) is 1.76. The maximum atomic E-state index is 12.3. The summed E-state index contributed by atoms with van der Waals surface area (Å²) < 4.78 is 9.13. The number of carbonyl (C=O) groups excluding carboxylic acids is 1. The molecule has 4 rings (SSSR count). The predicted molar refractivity (Wildman–Crippen MR) is 103 cm³/mol. The third-order valence-corrected chi connectivity index (χ3v) is 5.80. The average molecular weight is 403 g/mol. The van der Waals surface area contributed by atoms with Crippen molar-refractivity contribution in [3.8, 4) is 21.9 Å². The van der Waals surface area contributed by atoms with Crippen LogP contribution < -0.4 is 5.32 Å². The van der Waals surface area contributed by atoms with Crippen molar-refractivity contribution in [3.63, 3.8) is 0 Å². The normalized spacial score (nSPS) is 10.8. The fraction of sp³-hybridized carbons (Fsp3) is 0.0588. The molecule has 0 aliphatic carbocycles. The molecule has 130 valence electrons. The van der Waals surface area contributed by atoms with E-state index in [1.54, 1.807) is 19.2 Å². The summed E-state index contributed by atoms with van der Waals surface area (Å²) in [5, 5.41) is 8.06. The average Bonchev–Trinajstić information content (AvgIpc) is 3.36. The molecule has 0 unspecified atom stereocenters. The maximum Gasteiger partial charge on any atom is 0.269 e. The van der Waals surface area contributed by atoms with Crippen LogP contribution in [0.1, 0.15) is 15.4 Å². The second-order valence-electron chi connectivity index (χ2n) is 5.34. The topological polar surface area (TPSA) is 80.9 Å². The smallest absolute Gasteiger partial charge is 0.269 e. The number of halogens is 1. The molecular formula is C17H11ClN4O2S2. The monoisotopic (exact) mass is 402 g/mol. The van der Waals surface area contributed by atoms with E-state index in [4.69, 9.17) is 16.0 Å². The number of hydrogen-bond donors (Lipinski definition) is 1. The van der Waals surface area contributed by atoms with Crippen LogP contribution in [-0.4, -0.2) is 20.5 Å². The van der Waals surface area contributed by atoms with E-state index >= 15 is 0 Å². The first-order chi connectivity index (χ1) is 12.6. The molecule has 1 N–H and O–H groups in total. The Morgan fingerprint density at radius 1 is 1.27 bits per heavy atom. The first-order valence-electron chi connectivity index (χ1n) is 7.52. The molecule has 26 heavy (non-hydrogen) atoms. The van der Waals surface area contributed by atoms with Crippen LogP contribution in [0.5, 0.6) is 0 Å². The molecule has 1 aromatic carbocycles. The van der Waals surface area contributed by atoms with Gasteiger partial charge in [0.2, 0.25) is 5.89 Å². The lowest BCUT2D eigenvalue weighted by Gasteiger charge is -2.04. The SMILES string of the molecule is Cc1nnsc1C(=O)Nc1ccc(-c2cc(-c3ncco3)ccc2Cl)s1. The van der Waals surface area contributed by atoms with Crippen molar-refractivity contribution in [2.24, 2.45) is 0 Å². The van der Waals surface area contributed by atoms with Gasteiger partial charge >= 0.3 is 0 Å². The number of amides is 1. The van der Waals surface area contributed by atoms with Crippen LogP contribution in [0.3, 0.4) is 0 Å². The molecule has 6 nitrogen and oxygen atoms in total. The Balaban J connectivity index is 1.61. The molecule has 9 heteroatoms. The highest BCUT2D eigenvalue weighted by molar-refractivity contribution is 7.19. The first kappa shape index (κ1) is 16.9. The van der Waals surface area contributed by atoms with Gasteiger partial charge < -0.3 is 9.73 Å². The minimum atomic E-state index is -0.217. The highest BCUT2D eigenvalue weighted by Crippen LogP contribution is 2.38. The number of aryl methyl sites for hydroxylation is 1. The molecular weight excluding hydrogens is 392 g/mol. The number of rotatable bonds is 4. The Hall–Kier alpha value is -2.55. The standard InChI is InChI=1S/C17H11ClN4O2S2/c1-9-15(26-22-21-9)16(23)20-14-5-4-13(25-14)11-8-10(2-3-12(11)18)17-19-6-7-24-17/h2-8H,1H3,(H,20,23). The van der Waals surface area contributed by atoms with Gasteiger partial charge in [0, 0.05) is 21.0 Å². The van der Waals surface area contributed by atoms with Gasteiger partial charge in [-0.25, -0.2) is 4.98 Å². The Kier molecular flexibility index (Phi) is 4.54. The molecule has 0 aliphatic rings. The van der Waals surface area contributed by atoms with E-state index in [2.05, 4.69) is 19.9 Å². The zero-order valence-electron chi connectivity index (χ0n) is 13.4. The number of oxazole rings is 1. The Morgan fingerprint density at radius 3 is 2.88 bits per heavy atom. The number of thiophene rings is 1. The van der Waals surface area contributed by atoms with Crippen LogP contribution in [0.2, 0.25) is 5.02 Å². The molecule has 1 amide bonds. The number of hydrogen-bond acceptors (Lipinski definition) is 7. The fourth-order valence-electron chi connectivity index (χ4n) is 2.37. The molecule has 0 saturated carbocycles. The van der Waals surface area contributed by atoms with Crippen molar-refractivity contribution < 1.29 is 9.21 Å². The van der Waals surface area contributed by atoms with E-state index in [1.807, 2.05) is 24.3 Å². The van der Waals surface area contributed by atoms with E-state index < -0.39 is 0 Å². The van der Waals surface area contributed by atoms with Crippen molar-refractivity contribution in [2.45, 2.75) is 6.92 Å². The largest absolute Gasteiger partial charge is 0.445 e. The van der Waals surface area contributed by atoms with Crippen molar-refractivity contribution >= 4 is 45.4 Å². The van der Waals surface area contributed by atoms with Crippen molar-refractivity contribution in [1.29, 1.82) is 0 Å². The molecule has 3 aromatic heterocycles. The molecule has 0 saturated heterocycles. The van der Waals surface area contributed by atoms with Gasteiger partial charge in [-0.15, -0.1) is 16.4 Å². The Bertz CT molecular complexity index is 1070.